The molecule has 3 nitrogen and oxygen atoms in total. The lowest BCUT2D eigenvalue weighted by Gasteiger charge is -2.11. The van der Waals surface area contributed by atoms with E-state index in [0.29, 0.717) is 0 Å². The first-order chi connectivity index (χ1) is 10.4. The first-order valence-corrected chi connectivity index (χ1v) is 8.88. The van der Waals surface area contributed by atoms with Crippen LogP contribution in [0.5, 0.6) is 0 Å². The van der Waals surface area contributed by atoms with Crippen molar-refractivity contribution in [2.24, 2.45) is 0 Å². The van der Waals surface area contributed by atoms with E-state index >= 15 is 0 Å². The zero-order valence-electron chi connectivity index (χ0n) is 13.4. The normalized spacial score (nSPS) is 11.0. The highest BCUT2D eigenvalue weighted by atomic mass is 32.1. The number of aryl methyl sites for hydroxylation is 5. The maximum Gasteiger partial charge on any atom is 0.187 e. The Bertz CT molecular complexity index is 807. The predicted octanol–water partition coefficient (Wildman–Crippen LogP) is 5.55. The predicted molar refractivity (Wildman–Crippen MR) is 96.6 cm³/mol. The van der Waals surface area contributed by atoms with Crippen LogP contribution in [0.4, 0.5) is 10.8 Å². The molecule has 0 spiro atoms. The number of benzene rings is 1. The van der Waals surface area contributed by atoms with E-state index < -0.39 is 0 Å². The molecule has 0 aliphatic carbocycles. The summed E-state index contributed by atoms with van der Waals surface area (Å²) < 4.78 is 0. The lowest BCUT2D eigenvalue weighted by molar-refractivity contribution is 1.20. The van der Waals surface area contributed by atoms with Gasteiger partial charge < -0.3 is 5.32 Å². The molecule has 1 N–H and O–H groups in total. The highest BCUT2D eigenvalue weighted by Gasteiger charge is 2.12. The highest BCUT2D eigenvalue weighted by molar-refractivity contribution is 7.16. The average molecular weight is 329 g/mol. The quantitative estimate of drug-likeness (QED) is 0.684. The van der Waals surface area contributed by atoms with Crippen molar-refractivity contribution in [2.45, 2.75) is 34.6 Å². The Hall–Kier alpha value is -1.72. The Balaban J connectivity index is 1.91. The van der Waals surface area contributed by atoms with E-state index in [9.17, 15) is 0 Å². The van der Waals surface area contributed by atoms with Crippen molar-refractivity contribution in [3.8, 4) is 10.6 Å². The van der Waals surface area contributed by atoms with Crippen LogP contribution in [0.3, 0.4) is 0 Å². The number of hydrogen-bond donors (Lipinski definition) is 1. The topological polar surface area (TPSA) is 37.8 Å². The maximum atomic E-state index is 4.73. The van der Waals surface area contributed by atoms with E-state index in [0.717, 1.165) is 27.2 Å². The van der Waals surface area contributed by atoms with E-state index in [-0.39, 0.29) is 0 Å². The van der Waals surface area contributed by atoms with Gasteiger partial charge in [0.15, 0.2) is 5.13 Å². The first-order valence-electron chi connectivity index (χ1n) is 7.19. The van der Waals surface area contributed by atoms with Gasteiger partial charge in [-0.2, -0.15) is 0 Å². The molecule has 1 aromatic carbocycles. The molecule has 22 heavy (non-hydrogen) atoms. The number of aromatic nitrogens is 2. The minimum Gasteiger partial charge on any atom is -0.331 e. The molecule has 3 aromatic rings. The van der Waals surface area contributed by atoms with Crippen molar-refractivity contribution in [1.82, 2.24) is 9.97 Å². The third-order valence-electron chi connectivity index (χ3n) is 3.55. The largest absolute Gasteiger partial charge is 0.331 e. The van der Waals surface area contributed by atoms with Crippen molar-refractivity contribution in [3.05, 3.63) is 44.9 Å². The molecule has 0 atom stereocenters. The van der Waals surface area contributed by atoms with Crippen LogP contribution in [0.15, 0.2) is 17.5 Å². The molecular weight excluding hydrogens is 310 g/mol. The molecule has 3 rings (SSSR count). The van der Waals surface area contributed by atoms with Gasteiger partial charge in [-0.05, 0) is 45.7 Å². The van der Waals surface area contributed by atoms with Crippen molar-refractivity contribution in [2.75, 3.05) is 5.32 Å². The van der Waals surface area contributed by atoms with Gasteiger partial charge in [-0.3, -0.25) is 0 Å². The van der Waals surface area contributed by atoms with E-state index in [4.69, 9.17) is 4.98 Å². The summed E-state index contributed by atoms with van der Waals surface area (Å²) in [4.78, 5) is 10.4. The van der Waals surface area contributed by atoms with Gasteiger partial charge in [0.25, 0.3) is 0 Å². The molecule has 0 aliphatic heterocycles. The number of nitrogens with zero attached hydrogens (tertiary/aromatic N) is 2. The molecule has 0 aliphatic rings. The van der Waals surface area contributed by atoms with Crippen LogP contribution in [-0.4, -0.2) is 9.97 Å². The van der Waals surface area contributed by atoms with Crippen LogP contribution in [0, 0.1) is 34.6 Å². The van der Waals surface area contributed by atoms with Crippen LogP contribution in [-0.2, 0) is 0 Å². The molecular formula is C17H19N3S2. The van der Waals surface area contributed by atoms with Gasteiger partial charge in [0, 0.05) is 11.1 Å². The second-order valence-corrected chi connectivity index (χ2v) is 7.65. The minimum absolute atomic E-state index is 0.926. The summed E-state index contributed by atoms with van der Waals surface area (Å²) in [6.45, 7) is 10.5. The molecule has 5 heteroatoms. The van der Waals surface area contributed by atoms with Gasteiger partial charge >= 0.3 is 0 Å². The van der Waals surface area contributed by atoms with E-state index in [1.54, 1.807) is 22.7 Å². The van der Waals surface area contributed by atoms with Gasteiger partial charge in [0.1, 0.15) is 0 Å². The first kappa shape index (κ1) is 15.2. The standard InChI is InChI=1S/C17H19N3S2/c1-9-6-10(2)15(11(3)7-9)20-17-19-14(8-21-17)16-12(4)18-13(5)22-16/h6-8H,1-5H3,(H,19,20). The molecule has 0 saturated heterocycles. The monoisotopic (exact) mass is 329 g/mol. The second kappa shape index (κ2) is 5.82. The number of rotatable bonds is 3. The van der Waals surface area contributed by atoms with Gasteiger partial charge in [-0.15, -0.1) is 22.7 Å². The van der Waals surface area contributed by atoms with Gasteiger partial charge in [-0.25, -0.2) is 9.97 Å². The SMILES string of the molecule is Cc1cc(C)c(Nc2nc(-c3sc(C)nc3C)cs2)c(C)c1. The number of nitrogens with one attached hydrogen (secondary N) is 1. The molecule has 0 amide bonds. The fraction of sp³-hybridized carbons (Fsp3) is 0.294. The molecule has 2 heterocycles. The number of anilines is 2. The highest BCUT2D eigenvalue weighted by Crippen LogP contribution is 2.34. The fourth-order valence-corrected chi connectivity index (χ4v) is 4.35. The molecule has 0 fully saturated rings. The molecule has 0 radical (unpaired) electrons. The third-order valence-corrected chi connectivity index (χ3v) is 5.40. The van der Waals surface area contributed by atoms with Crippen LogP contribution in [0.2, 0.25) is 0 Å². The fourth-order valence-electron chi connectivity index (χ4n) is 2.69. The summed E-state index contributed by atoms with van der Waals surface area (Å²) in [7, 11) is 0. The van der Waals surface area contributed by atoms with Crippen molar-refractivity contribution < 1.29 is 0 Å². The summed E-state index contributed by atoms with van der Waals surface area (Å²) in [5.74, 6) is 0. The Kier molecular flexibility index (Phi) is 4.02. The molecule has 0 saturated carbocycles. The summed E-state index contributed by atoms with van der Waals surface area (Å²) in [6, 6.07) is 4.39. The van der Waals surface area contributed by atoms with E-state index in [2.05, 4.69) is 48.6 Å². The van der Waals surface area contributed by atoms with E-state index in [1.165, 1.54) is 21.6 Å². The van der Waals surface area contributed by atoms with Crippen LogP contribution < -0.4 is 5.32 Å². The van der Waals surface area contributed by atoms with Crippen molar-refractivity contribution in [1.29, 1.82) is 0 Å². The lowest BCUT2D eigenvalue weighted by atomic mass is 10.1. The lowest BCUT2D eigenvalue weighted by Crippen LogP contribution is -1.96. The maximum absolute atomic E-state index is 4.73. The molecule has 2 aromatic heterocycles. The smallest absolute Gasteiger partial charge is 0.187 e. The van der Waals surface area contributed by atoms with Crippen LogP contribution >= 0.6 is 22.7 Å². The Morgan fingerprint density at radius 2 is 1.64 bits per heavy atom. The molecule has 0 bridgehead atoms. The Morgan fingerprint density at radius 1 is 0.955 bits per heavy atom. The minimum atomic E-state index is 0.926. The van der Waals surface area contributed by atoms with E-state index in [1.807, 2.05) is 13.8 Å². The van der Waals surface area contributed by atoms with Gasteiger partial charge in [0.05, 0.1) is 21.3 Å². The Labute approximate surface area is 139 Å². The van der Waals surface area contributed by atoms with Crippen molar-refractivity contribution in [3.63, 3.8) is 0 Å². The van der Waals surface area contributed by atoms with Crippen molar-refractivity contribution >= 4 is 33.5 Å². The van der Waals surface area contributed by atoms with Gasteiger partial charge in [0.2, 0.25) is 0 Å². The summed E-state index contributed by atoms with van der Waals surface area (Å²) >= 11 is 3.34. The van der Waals surface area contributed by atoms with Crippen LogP contribution in [0.25, 0.3) is 10.6 Å². The zero-order chi connectivity index (χ0) is 15.9. The van der Waals surface area contributed by atoms with Gasteiger partial charge in [-0.1, -0.05) is 17.7 Å². The summed E-state index contributed by atoms with van der Waals surface area (Å²) in [5.41, 5.74) is 7.01. The summed E-state index contributed by atoms with van der Waals surface area (Å²) in [5, 5.41) is 7.58. The zero-order valence-corrected chi connectivity index (χ0v) is 15.1. The average Bonchev–Trinajstić information content (AvgIpc) is 3.00. The number of thiazole rings is 2. The second-order valence-electron chi connectivity index (χ2n) is 5.58. The van der Waals surface area contributed by atoms with Crippen LogP contribution in [0.1, 0.15) is 27.4 Å². The third kappa shape index (κ3) is 2.91. The number of hydrogen-bond acceptors (Lipinski definition) is 5. The summed E-state index contributed by atoms with van der Waals surface area (Å²) in [6.07, 6.45) is 0. The molecule has 114 valence electrons. The molecule has 0 unspecified atom stereocenters. The Morgan fingerprint density at radius 3 is 2.23 bits per heavy atom.